The Kier molecular flexibility index (Phi) is 5.30. The largest absolute Gasteiger partial charge is 0.497 e. The lowest BCUT2D eigenvalue weighted by Crippen LogP contribution is -2.55. The summed E-state index contributed by atoms with van der Waals surface area (Å²) in [6.07, 6.45) is -1.08. The average molecular weight is 322 g/mol. The summed E-state index contributed by atoms with van der Waals surface area (Å²) in [5.41, 5.74) is 0.989. The predicted octanol–water partition coefficient (Wildman–Crippen LogP) is 1.27. The Hall–Kier alpha value is -1.44. The van der Waals surface area contributed by atoms with Gasteiger partial charge in [0.2, 0.25) is 0 Å². The van der Waals surface area contributed by atoms with Crippen LogP contribution in [0.25, 0.3) is 0 Å². The number of fused-ring (bicyclic) bond motifs is 2. The number of aliphatic hydroxyl groups is 1. The van der Waals surface area contributed by atoms with E-state index in [9.17, 15) is 5.11 Å². The molecule has 6 nitrogen and oxygen atoms in total. The van der Waals surface area contributed by atoms with Crippen molar-refractivity contribution in [3.63, 3.8) is 0 Å². The van der Waals surface area contributed by atoms with Gasteiger partial charge in [-0.1, -0.05) is 18.2 Å². The maximum absolute atomic E-state index is 10.5. The Morgan fingerprint density at radius 3 is 2.74 bits per heavy atom. The molecule has 0 saturated carbocycles. The molecular weight excluding hydrogens is 300 g/mol. The van der Waals surface area contributed by atoms with Crippen molar-refractivity contribution in [1.29, 1.82) is 0 Å². The van der Waals surface area contributed by atoms with Gasteiger partial charge in [0.25, 0.3) is 0 Å². The summed E-state index contributed by atoms with van der Waals surface area (Å²) >= 11 is 0. The van der Waals surface area contributed by atoms with E-state index in [0.29, 0.717) is 19.8 Å². The number of rotatable bonds is 7. The minimum absolute atomic E-state index is 0.281. The minimum Gasteiger partial charge on any atom is -0.497 e. The van der Waals surface area contributed by atoms with E-state index >= 15 is 0 Å². The Labute approximate surface area is 135 Å². The Morgan fingerprint density at radius 1 is 1.26 bits per heavy atom. The first-order chi connectivity index (χ1) is 11.2. The molecule has 0 radical (unpaired) electrons. The molecule has 2 saturated heterocycles. The first-order valence-electron chi connectivity index (χ1n) is 7.65. The summed E-state index contributed by atoms with van der Waals surface area (Å²) in [5, 5.41) is 10.5. The van der Waals surface area contributed by atoms with E-state index in [1.54, 1.807) is 13.2 Å². The van der Waals surface area contributed by atoms with Crippen LogP contribution in [0.5, 0.6) is 5.75 Å². The molecule has 2 fully saturated rings. The zero-order chi connectivity index (χ0) is 16.2. The fourth-order valence-corrected chi connectivity index (χ4v) is 2.83. The number of methoxy groups -OCH3 is 1. The monoisotopic (exact) mass is 322 g/mol. The summed E-state index contributed by atoms with van der Waals surface area (Å²) in [4.78, 5) is 0. The van der Waals surface area contributed by atoms with Gasteiger partial charge in [-0.25, -0.2) is 0 Å². The lowest BCUT2D eigenvalue weighted by atomic mass is 10.0. The maximum Gasteiger partial charge on any atom is 0.187 e. The number of aliphatic hydroxyl groups excluding tert-OH is 1. The molecule has 0 aromatic heterocycles. The molecule has 0 spiro atoms. The number of hydrogen-bond acceptors (Lipinski definition) is 6. The predicted molar refractivity (Wildman–Crippen MR) is 82.1 cm³/mol. The van der Waals surface area contributed by atoms with Crippen LogP contribution in [0.3, 0.4) is 0 Å². The van der Waals surface area contributed by atoms with Gasteiger partial charge in [0.15, 0.2) is 6.29 Å². The van der Waals surface area contributed by atoms with Crippen LogP contribution in [0.15, 0.2) is 36.9 Å². The fourth-order valence-electron chi connectivity index (χ4n) is 2.83. The summed E-state index contributed by atoms with van der Waals surface area (Å²) in [7, 11) is 1.63. The average Bonchev–Trinajstić information content (AvgIpc) is 3.01. The van der Waals surface area contributed by atoms with Crippen LogP contribution in [0.4, 0.5) is 0 Å². The van der Waals surface area contributed by atoms with E-state index in [0.717, 1.165) is 11.3 Å². The van der Waals surface area contributed by atoms with Crippen molar-refractivity contribution in [3.05, 3.63) is 42.5 Å². The fraction of sp³-hybridized carbons (Fsp3) is 0.529. The number of benzene rings is 1. The molecule has 2 aliphatic heterocycles. The van der Waals surface area contributed by atoms with E-state index in [1.165, 1.54) is 0 Å². The third-order valence-corrected chi connectivity index (χ3v) is 4.05. The van der Waals surface area contributed by atoms with Crippen LogP contribution in [-0.4, -0.2) is 56.1 Å². The zero-order valence-electron chi connectivity index (χ0n) is 13.1. The molecule has 0 amide bonds. The molecule has 6 heteroatoms. The molecule has 3 rings (SSSR count). The SMILES string of the molecule is C=CCO[C@H]1[C@@H]2OC[C@@H](O2)[C@@H](OCc2ccc(OC)cc2)[C@@H]1O. The normalized spacial score (nSPS) is 32.7. The molecular formula is C17H22O6. The van der Waals surface area contributed by atoms with Gasteiger partial charge >= 0.3 is 0 Å². The van der Waals surface area contributed by atoms with E-state index in [2.05, 4.69) is 6.58 Å². The maximum atomic E-state index is 10.5. The van der Waals surface area contributed by atoms with Crippen molar-refractivity contribution in [2.75, 3.05) is 20.3 Å². The summed E-state index contributed by atoms with van der Waals surface area (Å²) in [5.74, 6) is 0.791. The number of ether oxygens (including phenoxy) is 5. The quantitative estimate of drug-likeness (QED) is 0.763. The zero-order valence-corrected chi connectivity index (χ0v) is 13.1. The van der Waals surface area contributed by atoms with Gasteiger partial charge in [0.05, 0.1) is 26.9 Å². The molecule has 5 atom stereocenters. The molecule has 0 aliphatic carbocycles. The molecule has 2 heterocycles. The van der Waals surface area contributed by atoms with Crippen LogP contribution in [-0.2, 0) is 25.6 Å². The van der Waals surface area contributed by atoms with Crippen LogP contribution in [0.1, 0.15) is 5.56 Å². The van der Waals surface area contributed by atoms with Gasteiger partial charge in [-0.3, -0.25) is 0 Å². The molecule has 1 N–H and O–H groups in total. The molecule has 2 aliphatic rings. The third kappa shape index (κ3) is 3.57. The van der Waals surface area contributed by atoms with Crippen molar-refractivity contribution in [3.8, 4) is 5.75 Å². The van der Waals surface area contributed by atoms with E-state index in [1.807, 2.05) is 24.3 Å². The van der Waals surface area contributed by atoms with Crippen LogP contribution >= 0.6 is 0 Å². The van der Waals surface area contributed by atoms with E-state index in [-0.39, 0.29) is 6.10 Å². The van der Waals surface area contributed by atoms with Gasteiger partial charge < -0.3 is 28.8 Å². The Bertz CT molecular complexity index is 516. The highest BCUT2D eigenvalue weighted by Crippen LogP contribution is 2.32. The van der Waals surface area contributed by atoms with Crippen LogP contribution in [0, 0.1) is 0 Å². The van der Waals surface area contributed by atoms with Crippen LogP contribution in [0.2, 0.25) is 0 Å². The van der Waals surface area contributed by atoms with Gasteiger partial charge in [0, 0.05) is 0 Å². The molecule has 0 unspecified atom stereocenters. The smallest absolute Gasteiger partial charge is 0.187 e. The third-order valence-electron chi connectivity index (χ3n) is 4.05. The molecule has 23 heavy (non-hydrogen) atoms. The molecule has 1 aromatic carbocycles. The number of hydrogen-bond donors (Lipinski definition) is 1. The topological polar surface area (TPSA) is 66.4 Å². The second kappa shape index (κ2) is 7.42. The standard InChI is InChI=1S/C17H22O6/c1-3-8-20-16-14(18)15(13-10-22-17(16)23-13)21-9-11-4-6-12(19-2)7-5-11/h3-7,13-18H,1,8-10H2,2H3/t13-,14+,15-,16-,17-/m1/s1. The van der Waals surface area contributed by atoms with Crippen molar-refractivity contribution >= 4 is 0 Å². The van der Waals surface area contributed by atoms with Gasteiger partial charge in [0.1, 0.15) is 30.2 Å². The first-order valence-corrected chi connectivity index (χ1v) is 7.65. The van der Waals surface area contributed by atoms with E-state index in [4.69, 9.17) is 23.7 Å². The Morgan fingerprint density at radius 2 is 2.04 bits per heavy atom. The lowest BCUT2D eigenvalue weighted by molar-refractivity contribution is -0.250. The van der Waals surface area contributed by atoms with Crippen molar-refractivity contribution in [1.82, 2.24) is 0 Å². The first kappa shape index (κ1) is 16.4. The van der Waals surface area contributed by atoms with Crippen LogP contribution < -0.4 is 4.74 Å². The summed E-state index contributed by atoms with van der Waals surface area (Å²) in [6.45, 7) is 4.69. The molecule has 126 valence electrons. The second-order valence-corrected chi connectivity index (χ2v) is 5.58. The molecule has 1 aromatic rings. The highest BCUT2D eigenvalue weighted by molar-refractivity contribution is 5.26. The Balaban J connectivity index is 1.62. The van der Waals surface area contributed by atoms with Gasteiger partial charge in [-0.15, -0.1) is 6.58 Å². The minimum atomic E-state index is -0.806. The van der Waals surface area contributed by atoms with Crippen molar-refractivity contribution < 1.29 is 28.8 Å². The van der Waals surface area contributed by atoms with Gasteiger partial charge in [-0.2, -0.15) is 0 Å². The summed E-state index contributed by atoms with van der Waals surface area (Å²) < 4.78 is 27.9. The van der Waals surface area contributed by atoms with Gasteiger partial charge in [-0.05, 0) is 17.7 Å². The highest BCUT2D eigenvalue weighted by Gasteiger charge is 2.51. The highest BCUT2D eigenvalue weighted by atomic mass is 16.8. The summed E-state index contributed by atoms with van der Waals surface area (Å²) in [6, 6.07) is 7.59. The second-order valence-electron chi connectivity index (χ2n) is 5.58. The van der Waals surface area contributed by atoms with Crippen molar-refractivity contribution in [2.45, 2.75) is 37.3 Å². The molecule has 2 bridgehead atoms. The lowest BCUT2D eigenvalue weighted by Gasteiger charge is -2.37. The van der Waals surface area contributed by atoms with E-state index < -0.39 is 24.6 Å². The van der Waals surface area contributed by atoms with Crippen molar-refractivity contribution in [2.24, 2.45) is 0 Å².